The van der Waals surface area contributed by atoms with E-state index in [1.807, 2.05) is 0 Å². The van der Waals surface area contributed by atoms with Gasteiger partial charge in [0.2, 0.25) is 0 Å². The summed E-state index contributed by atoms with van der Waals surface area (Å²) >= 11 is 0. The van der Waals surface area contributed by atoms with E-state index in [1.54, 1.807) is 0 Å². The van der Waals surface area contributed by atoms with Crippen molar-refractivity contribution >= 4 is 0 Å². The van der Waals surface area contributed by atoms with Crippen LogP contribution in [0.1, 0.15) is 39.5 Å². The second-order valence-electron chi connectivity index (χ2n) is 4.30. The molecule has 0 radical (unpaired) electrons. The van der Waals surface area contributed by atoms with Crippen molar-refractivity contribution in [1.29, 1.82) is 0 Å². The van der Waals surface area contributed by atoms with Crippen LogP contribution in [0.3, 0.4) is 0 Å². The van der Waals surface area contributed by atoms with Crippen molar-refractivity contribution in [2.24, 2.45) is 17.6 Å². The van der Waals surface area contributed by atoms with E-state index in [1.165, 1.54) is 12.8 Å². The van der Waals surface area contributed by atoms with Gasteiger partial charge in [0.15, 0.2) is 0 Å². The third-order valence-corrected chi connectivity index (χ3v) is 3.09. The van der Waals surface area contributed by atoms with E-state index < -0.39 is 5.60 Å². The summed E-state index contributed by atoms with van der Waals surface area (Å²) in [6.07, 6.45) is 4.36. The molecule has 0 heterocycles. The molecule has 1 saturated carbocycles. The molecule has 0 aromatic carbocycles. The molecule has 0 aromatic rings. The average Bonchev–Trinajstić information content (AvgIpc) is 2.86. The Kier molecular flexibility index (Phi) is 3.13. The van der Waals surface area contributed by atoms with Gasteiger partial charge < -0.3 is 10.8 Å². The first-order valence-corrected chi connectivity index (χ1v) is 5.05. The molecule has 2 atom stereocenters. The van der Waals surface area contributed by atoms with Crippen LogP contribution in [0.15, 0.2) is 0 Å². The van der Waals surface area contributed by atoms with Gasteiger partial charge in [-0.1, -0.05) is 20.3 Å². The molecule has 0 spiro atoms. The van der Waals surface area contributed by atoms with Gasteiger partial charge in [0, 0.05) is 6.54 Å². The highest BCUT2D eigenvalue weighted by molar-refractivity contribution is 4.95. The molecule has 2 heteroatoms. The Labute approximate surface area is 75.2 Å². The number of nitrogens with two attached hydrogens (primary N) is 1. The summed E-state index contributed by atoms with van der Waals surface area (Å²) in [6.45, 7) is 4.78. The molecule has 1 aliphatic rings. The Bertz CT molecular complexity index is 145. The van der Waals surface area contributed by atoms with Gasteiger partial charge in [-0.15, -0.1) is 0 Å². The Morgan fingerprint density at radius 3 is 2.50 bits per heavy atom. The molecule has 1 rings (SSSR count). The Morgan fingerprint density at radius 1 is 1.58 bits per heavy atom. The van der Waals surface area contributed by atoms with E-state index in [0.717, 1.165) is 12.8 Å². The highest BCUT2D eigenvalue weighted by Gasteiger charge is 2.42. The normalized spacial score (nSPS) is 25.0. The smallest absolute Gasteiger partial charge is 0.0799 e. The quantitative estimate of drug-likeness (QED) is 0.659. The summed E-state index contributed by atoms with van der Waals surface area (Å²) in [5.41, 5.74) is 5.05. The van der Waals surface area contributed by atoms with E-state index in [2.05, 4.69) is 13.8 Å². The molecule has 0 amide bonds. The molecule has 1 aliphatic carbocycles. The van der Waals surface area contributed by atoms with E-state index >= 15 is 0 Å². The summed E-state index contributed by atoms with van der Waals surface area (Å²) in [5.74, 6) is 1.09. The van der Waals surface area contributed by atoms with Gasteiger partial charge in [0.25, 0.3) is 0 Å². The van der Waals surface area contributed by atoms with Gasteiger partial charge in [-0.2, -0.15) is 0 Å². The summed E-state index contributed by atoms with van der Waals surface area (Å²) in [6, 6.07) is 0. The molecule has 12 heavy (non-hydrogen) atoms. The molecule has 0 aliphatic heterocycles. The average molecular weight is 171 g/mol. The molecule has 0 saturated heterocycles. The fourth-order valence-electron chi connectivity index (χ4n) is 1.79. The number of hydrogen-bond acceptors (Lipinski definition) is 2. The number of hydrogen-bond donors (Lipinski definition) is 2. The zero-order chi connectivity index (χ0) is 9.19. The molecule has 2 nitrogen and oxygen atoms in total. The standard InChI is InChI=1S/C10H21NO/c1-3-8(2)6-10(12,7-11)9-4-5-9/h8-9,12H,3-7,11H2,1-2H3. The van der Waals surface area contributed by atoms with Crippen LogP contribution in [0.4, 0.5) is 0 Å². The van der Waals surface area contributed by atoms with Crippen molar-refractivity contribution in [2.75, 3.05) is 6.54 Å². The Morgan fingerprint density at radius 2 is 2.17 bits per heavy atom. The van der Waals surface area contributed by atoms with Crippen LogP contribution in [0.25, 0.3) is 0 Å². The lowest BCUT2D eigenvalue weighted by Crippen LogP contribution is -2.41. The van der Waals surface area contributed by atoms with Gasteiger partial charge in [0.1, 0.15) is 0 Å². The summed E-state index contributed by atoms with van der Waals surface area (Å²) in [7, 11) is 0. The van der Waals surface area contributed by atoms with Crippen molar-refractivity contribution in [3.8, 4) is 0 Å². The second-order valence-corrected chi connectivity index (χ2v) is 4.30. The van der Waals surface area contributed by atoms with Crippen LogP contribution in [0.2, 0.25) is 0 Å². The monoisotopic (exact) mass is 171 g/mol. The van der Waals surface area contributed by atoms with Gasteiger partial charge >= 0.3 is 0 Å². The van der Waals surface area contributed by atoms with Crippen molar-refractivity contribution in [3.05, 3.63) is 0 Å². The van der Waals surface area contributed by atoms with Gasteiger partial charge in [0.05, 0.1) is 5.60 Å². The number of aliphatic hydroxyl groups is 1. The Hall–Kier alpha value is -0.0800. The van der Waals surface area contributed by atoms with E-state index in [0.29, 0.717) is 18.4 Å². The molecule has 3 N–H and O–H groups in total. The molecule has 1 fully saturated rings. The zero-order valence-electron chi connectivity index (χ0n) is 8.21. The molecule has 0 bridgehead atoms. The number of rotatable bonds is 5. The van der Waals surface area contributed by atoms with Crippen LogP contribution in [-0.2, 0) is 0 Å². The topological polar surface area (TPSA) is 46.2 Å². The van der Waals surface area contributed by atoms with Gasteiger partial charge in [-0.05, 0) is 31.1 Å². The first kappa shape index (κ1) is 10.0. The van der Waals surface area contributed by atoms with Crippen molar-refractivity contribution < 1.29 is 5.11 Å². The fraction of sp³-hybridized carbons (Fsp3) is 1.00. The minimum atomic E-state index is -0.546. The minimum Gasteiger partial charge on any atom is -0.388 e. The first-order valence-electron chi connectivity index (χ1n) is 5.05. The van der Waals surface area contributed by atoms with Crippen LogP contribution in [0, 0.1) is 11.8 Å². The fourth-order valence-corrected chi connectivity index (χ4v) is 1.79. The van der Waals surface area contributed by atoms with Crippen LogP contribution < -0.4 is 5.73 Å². The summed E-state index contributed by atoms with van der Waals surface area (Å²) < 4.78 is 0. The maximum absolute atomic E-state index is 10.1. The lowest BCUT2D eigenvalue weighted by molar-refractivity contribution is 0.00409. The van der Waals surface area contributed by atoms with Crippen LogP contribution in [-0.4, -0.2) is 17.3 Å². The lowest BCUT2D eigenvalue weighted by atomic mass is 9.86. The minimum absolute atomic E-state index is 0.433. The molecular weight excluding hydrogens is 150 g/mol. The molecule has 72 valence electrons. The molecular formula is C10H21NO. The van der Waals surface area contributed by atoms with E-state index in [-0.39, 0.29) is 0 Å². The molecule has 0 aromatic heterocycles. The van der Waals surface area contributed by atoms with Crippen LogP contribution >= 0.6 is 0 Å². The van der Waals surface area contributed by atoms with Crippen molar-refractivity contribution in [1.82, 2.24) is 0 Å². The van der Waals surface area contributed by atoms with E-state index in [9.17, 15) is 5.11 Å². The SMILES string of the molecule is CCC(C)CC(O)(CN)C1CC1. The maximum Gasteiger partial charge on any atom is 0.0799 e. The highest BCUT2D eigenvalue weighted by atomic mass is 16.3. The van der Waals surface area contributed by atoms with Crippen molar-refractivity contribution in [3.63, 3.8) is 0 Å². The maximum atomic E-state index is 10.1. The van der Waals surface area contributed by atoms with Gasteiger partial charge in [-0.25, -0.2) is 0 Å². The van der Waals surface area contributed by atoms with Crippen LogP contribution in [0.5, 0.6) is 0 Å². The summed E-state index contributed by atoms with van der Waals surface area (Å²) in [4.78, 5) is 0. The first-order chi connectivity index (χ1) is 5.62. The second kappa shape index (κ2) is 3.75. The molecule has 2 unspecified atom stereocenters. The van der Waals surface area contributed by atoms with Gasteiger partial charge in [-0.3, -0.25) is 0 Å². The zero-order valence-corrected chi connectivity index (χ0v) is 8.21. The third kappa shape index (κ3) is 2.20. The summed E-state index contributed by atoms with van der Waals surface area (Å²) in [5, 5.41) is 10.1. The lowest BCUT2D eigenvalue weighted by Gasteiger charge is -2.29. The third-order valence-electron chi connectivity index (χ3n) is 3.09. The Balaban J connectivity index is 2.42. The predicted octanol–water partition coefficient (Wildman–Crippen LogP) is 1.52. The highest BCUT2D eigenvalue weighted by Crippen LogP contribution is 2.42. The van der Waals surface area contributed by atoms with Crippen molar-refractivity contribution in [2.45, 2.75) is 45.1 Å². The van der Waals surface area contributed by atoms with E-state index in [4.69, 9.17) is 5.73 Å². The predicted molar refractivity (Wildman–Crippen MR) is 50.8 cm³/mol. The largest absolute Gasteiger partial charge is 0.388 e.